The van der Waals surface area contributed by atoms with Crippen LogP contribution in [0.5, 0.6) is 0 Å². The minimum Gasteiger partial charge on any atom is -0.463 e. The topological polar surface area (TPSA) is 46.5 Å². The molecule has 2 atom stereocenters. The van der Waals surface area contributed by atoms with Gasteiger partial charge in [-0.05, 0) is 18.8 Å². The third-order valence-electron chi connectivity index (χ3n) is 2.84. The Balaban J connectivity index is 3.78. The first-order valence-electron chi connectivity index (χ1n) is 6.50. The number of esters is 1. The van der Waals surface area contributed by atoms with E-state index in [1.165, 1.54) is 12.8 Å². The highest BCUT2D eigenvalue weighted by atomic mass is 16.5. The highest BCUT2D eigenvalue weighted by molar-refractivity contribution is 5.74. The number of aliphatic hydroxyl groups is 1. The number of rotatable bonds is 9. The van der Waals surface area contributed by atoms with Gasteiger partial charge in [0.05, 0.1) is 6.61 Å². The SMILES string of the molecule is CCCCC(CC)COC(=O)C(O)CCC. The predicted molar refractivity (Wildman–Crippen MR) is 65.2 cm³/mol. The van der Waals surface area contributed by atoms with Gasteiger partial charge in [0.15, 0.2) is 6.10 Å². The van der Waals surface area contributed by atoms with Crippen molar-refractivity contribution in [3.05, 3.63) is 0 Å². The molecule has 0 saturated heterocycles. The Hall–Kier alpha value is -0.570. The highest BCUT2D eigenvalue weighted by Crippen LogP contribution is 2.13. The van der Waals surface area contributed by atoms with Gasteiger partial charge >= 0.3 is 5.97 Å². The molecule has 0 fully saturated rings. The number of hydrogen-bond donors (Lipinski definition) is 1. The maximum atomic E-state index is 11.4. The second kappa shape index (κ2) is 9.64. The third-order valence-corrected chi connectivity index (χ3v) is 2.84. The molecule has 0 radical (unpaired) electrons. The first-order valence-corrected chi connectivity index (χ1v) is 6.50. The molecule has 0 rings (SSSR count). The Morgan fingerprint density at radius 2 is 1.88 bits per heavy atom. The zero-order chi connectivity index (χ0) is 12.4. The molecule has 1 N–H and O–H groups in total. The molecular weight excluding hydrogens is 204 g/mol. The summed E-state index contributed by atoms with van der Waals surface area (Å²) in [6, 6.07) is 0. The normalized spacial score (nSPS) is 14.5. The molecule has 0 aromatic heterocycles. The van der Waals surface area contributed by atoms with Gasteiger partial charge in [0.1, 0.15) is 0 Å². The summed E-state index contributed by atoms with van der Waals surface area (Å²) in [5, 5.41) is 9.40. The molecular formula is C13H26O3. The first-order chi connectivity index (χ1) is 7.65. The third kappa shape index (κ3) is 6.83. The molecule has 0 saturated carbocycles. The van der Waals surface area contributed by atoms with Gasteiger partial charge in [-0.1, -0.05) is 46.5 Å². The Bertz CT molecular complexity index is 180. The van der Waals surface area contributed by atoms with E-state index in [1.54, 1.807) is 0 Å². The van der Waals surface area contributed by atoms with Crippen LogP contribution in [0.3, 0.4) is 0 Å². The van der Waals surface area contributed by atoms with E-state index in [1.807, 2.05) is 6.92 Å². The Morgan fingerprint density at radius 3 is 2.38 bits per heavy atom. The summed E-state index contributed by atoms with van der Waals surface area (Å²) >= 11 is 0. The standard InChI is InChI=1S/C13H26O3/c1-4-7-9-11(6-3)10-16-13(15)12(14)8-5-2/h11-12,14H,4-10H2,1-3H3. The molecule has 3 nitrogen and oxygen atoms in total. The van der Waals surface area contributed by atoms with Gasteiger partial charge < -0.3 is 9.84 Å². The van der Waals surface area contributed by atoms with Crippen LogP contribution in [0, 0.1) is 5.92 Å². The van der Waals surface area contributed by atoms with E-state index in [0.717, 1.165) is 19.3 Å². The molecule has 2 unspecified atom stereocenters. The van der Waals surface area contributed by atoms with Crippen LogP contribution in [0.15, 0.2) is 0 Å². The van der Waals surface area contributed by atoms with Gasteiger partial charge in [0.25, 0.3) is 0 Å². The van der Waals surface area contributed by atoms with Crippen LogP contribution in [-0.4, -0.2) is 23.8 Å². The van der Waals surface area contributed by atoms with Crippen molar-refractivity contribution < 1.29 is 14.6 Å². The fraction of sp³-hybridized carbons (Fsp3) is 0.923. The maximum Gasteiger partial charge on any atom is 0.334 e. The zero-order valence-electron chi connectivity index (χ0n) is 10.9. The van der Waals surface area contributed by atoms with Crippen LogP contribution >= 0.6 is 0 Å². The van der Waals surface area contributed by atoms with Crippen molar-refractivity contribution in [2.45, 2.75) is 65.4 Å². The van der Waals surface area contributed by atoms with Crippen LogP contribution < -0.4 is 0 Å². The fourth-order valence-electron chi connectivity index (χ4n) is 1.59. The fourth-order valence-corrected chi connectivity index (χ4v) is 1.59. The summed E-state index contributed by atoms with van der Waals surface area (Å²) in [5.41, 5.74) is 0. The van der Waals surface area contributed by atoms with Crippen molar-refractivity contribution in [3.8, 4) is 0 Å². The summed E-state index contributed by atoms with van der Waals surface area (Å²) in [4.78, 5) is 11.4. The molecule has 3 heteroatoms. The lowest BCUT2D eigenvalue weighted by Gasteiger charge is -2.16. The summed E-state index contributed by atoms with van der Waals surface area (Å²) in [5.74, 6) is -0.0190. The lowest BCUT2D eigenvalue weighted by atomic mass is 10.0. The number of hydrogen-bond acceptors (Lipinski definition) is 3. The molecule has 0 bridgehead atoms. The Morgan fingerprint density at radius 1 is 1.19 bits per heavy atom. The largest absolute Gasteiger partial charge is 0.463 e. The number of carbonyl (C=O) groups is 1. The zero-order valence-corrected chi connectivity index (χ0v) is 10.9. The quantitative estimate of drug-likeness (QED) is 0.619. The number of aliphatic hydroxyl groups excluding tert-OH is 1. The van der Waals surface area contributed by atoms with E-state index >= 15 is 0 Å². The average Bonchev–Trinajstić information content (AvgIpc) is 2.29. The van der Waals surface area contributed by atoms with Crippen molar-refractivity contribution in [1.29, 1.82) is 0 Å². The maximum absolute atomic E-state index is 11.4. The van der Waals surface area contributed by atoms with Crippen LogP contribution in [0.2, 0.25) is 0 Å². The summed E-state index contributed by atoms with van der Waals surface area (Å²) in [6.07, 6.45) is 4.82. The minimum absolute atomic E-state index is 0.442. The predicted octanol–water partition coefficient (Wildman–Crippen LogP) is 2.91. The molecule has 0 aromatic carbocycles. The number of ether oxygens (including phenoxy) is 1. The molecule has 16 heavy (non-hydrogen) atoms. The Kier molecular flexibility index (Phi) is 9.30. The van der Waals surface area contributed by atoms with Gasteiger partial charge in [-0.3, -0.25) is 0 Å². The molecule has 0 aliphatic carbocycles. The molecule has 0 aromatic rings. The van der Waals surface area contributed by atoms with E-state index in [9.17, 15) is 9.90 Å². The van der Waals surface area contributed by atoms with Crippen LogP contribution in [0.1, 0.15) is 59.3 Å². The van der Waals surface area contributed by atoms with Gasteiger partial charge in [-0.2, -0.15) is 0 Å². The van der Waals surface area contributed by atoms with Gasteiger partial charge in [0, 0.05) is 0 Å². The van der Waals surface area contributed by atoms with Gasteiger partial charge in [-0.15, -0.1) is 0 Å². The van der Waals surface area contributed by atoms with E-state index in [0.29, 0.717) is 18.9 Å². The lowest BCUT2D eigenvalue weighted by Crippen LogP contribution is -2.25. The molecule has 0 heterocycles. The van der Waals surface area contributed by atoms with Gasteiger partial charge in [-0.25, -0.2) is 4.79 Å². The van der Waals surface area contributed by atoms with E-state index in [-0.39, 0.29) is 0 Å². The molecule has 96 valence electrons. The van der Waals surface area contributed by atoms with E-state index < -0.39 is 12.1 Å². The number of unbranched alkanes of at least 4 members (excludes halogenated alkanes) is 1. The van der Waals surface area contributed by atoms with Crippen molar-refractivity contribution in [1.82, 2.24) is 0 Å². The van der Waals surface area contributed by atoms with Crippen molar-refractivity contribution in [2.75, 3.05) is 6.61 Å². The number of carbonyl (C=O) groups excluding carboxylic acids is 1. The second-order valence-corrected chi connectivity index (χ2v) is 4.35. The van der Waals surface area contributed by atoms with E-state index in [4.69, 9.17) is 4.74 Å². The van der Waals surface area contributed by atoms with Crippen LogP contribution in [-0.2, 0) is 9.53 Å². The minimum atomic E-state index is -0.936. The van der Waals surface area contributed by atoms with Crippen molar-refractivity contribution in [3.63, 3.8) is 0 Å². The monoisotopic (exact) mass is 230 g/mol. The van der Waals surface area contributed by atoms with Crippen molar-refractivity contribution >= 4 is 5.97 Å². The summed E-state index contributed by atoms with van der Waals surface area (Å²) in [7, 11) is 0. The molecule has 0 spiro atoms. The lowest BCUT2D eigenvalue weighted by molar-refractivity contribution is -0.155. The van der Waals surface area contributed by atoms with Crippen LogP contribution in [0.4, 0.5) is 0 Å². The smallest absolute Gasteiger partial charge is 0.334 e. The van der Waals surface area contributed by atoms with Crippen LogP contribution in [0.25, 0.3) is 0 Å². The molecule has 0 amide bonds. The highest BCUT2D eigenvalue weighted by Gasteiger charge is 2.17. The van der Waals surface area contributed by atoms with Crippen molar-refractivity contribution in [2.24, 2.45) is 5.92 Å². The second-order valence-electron chi connectivity index (χ2n) is 4.35. The average molecular weight is 230 g/mol. The summed E-state index contributed by atoms with van der Waals surface area (Å²) in [6.45, 7) is 6.66. The summed E-state index contributed by atoms with van der Waals surface area (Å²) < 4.78 is 5.12. The Labute approximate surface area is 99.2 Å². The first kappa shape index (κ1) is 15.4. The molecule has 0 aliphatic heterocycles. The molecule has 0 aliphatic rings. The van der Waals surface area contributed by atoms with E-state index in [2.05, 4.69) is 13.8 Å². The van der Waals surface area contributed by atoms with Gasteiger partial charge in [0.2, 0.25) is 0 Å².